The molecule has 0 amide bonds. The van der Waals surface area contributed by atoms with Gasteiger partial charge in [0.2, 0.25) is 0 Å². The SMILES string of the molecule is CCOC1CCN(CC2(C=O)CCCCCC2)CC1. The highest BCUT2D eigenvalue weighted by Gasteiger charge is 2.33. The van der Waals surface area contributed by atoms with Crippen LogP contribution in [-0.4, -0.2) is 43.5 Å². The second kappa shape index (κ2) is 7.39. The van der Waals surface area contributed by atoms with E-state index in [1.807, 2.05) is 0 Å². The van der Waals surface area contributed by atoms with Gasteiger partial charge in [0.15, 0.2) is 0 Å². The zero-order valence-corrected chi connectivity index (χ0v) is 12.4. The minimum atomic E-state index is -0.0467. The summed E-state index contributed by atoms with van der Waals surface area (Å²) in [7, 11) is 0. The van der Waals surface area contributed by atoms with Crippen LogP contribution in [0.1, 0.15) is 58.3 Å². The molecule has 0 unspecified atom stereocenters. The van der Waals surface area contributed by atoms with Gasteiger partial charge in [-0.25, -0.2) is 0 Å². The van der Waals surface area contributed by atoms with Gasteiger partial charge >= 0.3 is 0 Å². The van der Waals surface area contributed by atoms with Gasteiger partial charge in [0.25, 0.3) is 0 Å². The fourth-order valence-electron chi connectivity index (χ4n) is 3.66. The number of nitrogens with zero attached hydrogens (tertiary/aromatic N) is 1. The van der Waals surface area contributed by atoms with Crippen LogP contribution >= 0.6 is 0 Å². The average Bonchev–Trinajstić information content (AvgIpc) is 2.68. The second-order valence-corrected chi connectivity index (χ2v) is 6.33. The van der Waals surface area contributed by atoms with Crippen LogP contribution < -0.4 is 0 Å². The molecular weight excluding hydrogens is 238 g/mol. The molecule has 2 fully saturated rings. The molecule has 1 saturated heterocycles. The largest absolute Gasteiger partial charge is 0.378 e. The summed E-state index contributed by atoms with van der Waals surface area (Å²) in [6.45, 7) is 6.07. The monoisotopic (exact) mass is 267 g/mol. The number of ether oxygens (including phenoxy) is 1. The molecular formula is C16H29NO2. The number of likely N-dealkylation sites (tertiary alicyclic amines) is 1. The van der Waals surface area contributed by atoms with E-state index in [4.69, 9.17) is 4.74 Å². The smallest absolute Gasteiger partial charge is 0.127 e. The third-order valence-electron chi connectivity index (χ3n) is 4.82. The van der Waals surface area contributed by atoms with Crippen molar-refractivity contribution in [3.05, 3.63) is 0 Å². The van der Waals surface area contributed by atoms with Crippen molar-refractivity contribution in [3.63, 3.8) is 0 Å². The van der Waals surface area contributed by atoms with Gasteiger partial charge in [0.1, 0.15) is 6.29 Å². The topological polar surface area (TPSA) is 29.5 Å². The van der Waals surface area contributed by atoms with Gasteiger partial charge in [-0.05, 0) is 32.6 Å². The number of aldehydes is 1. The molecule has 0 radical (unpaired) electrons. The van der Waals surface area contributed by atoms with Crippen molar-refractivity contribution in [2.75, 3.05) is 26.2 Å². The molecule has 19 heavy (non-hydrogen) atoms. The number of rotatable bonds is 5. The van der Waals surface area contributed by atoms with E-state index in [0.717, 1.165) is 51.9 Å². The highest BCUT2D eigenvalue weighted by atomic mass is 16.5. The van der Waals surface area contributed by atoms with Crippen molar-refractivity contribution in [3.8, 4) is 0 Å². The Morgan fingerprint density at radius 2 is 1.79 bits per heavy atom. The van der Waals surface area contributed by atoms with Crippen LogP contribution in [0.4, 0.5) is 0 Å². The van der Waals surface area contributed by atoms with Crippen LogP contribution in [0.3, 0.4) is 0 Å². The molecule has 3 nitrogen and oxygen atoms in total. The third kappa shape index (κ3) is 4.28. The molecule has 110 valence electrons. The molecule has 2 rings (SSSR count). The zero-order valence-electron chi connectivity index (χ0n) is 12.4. The lowest BCUT2D eigenvalue weighted by Gasteiger charge is -2.37. The predicted molar refractivity (Wildman–Crippen MR) is 77.3 cm³/mol. The van der Waals surface area contributed by atoms with Gasteiger partial charge in [0.05, 0.1) is 6.10 Å². The molecule has 0 atom stereocenters. The fraction of sp³-hybridized carbons (Fsp3) is 0.938. The second-order valence-electron chi connectivity index (χ2n) is 6.33. The first-order valence-corrected chi connectivity index (χ1v) is 8.08. The summed E-state index contributed by atoms with van der Waals surface area (Å²) in [5.74, 6) is 0. The molecule has 0 bridgehead atoms. The first-order valence-electron chi connectivity index (χ1n) is 8.08. The van der Waals surface area contributed by atoms with Crippen molar-refractivity contribution in [2.24, 2.45) is 5.41 Å². The number of carbonyl (C=O) groups is 1. The summed E-state index contributed by atoms with van der Waals surface area (Å²) < 4.78 is 5.70. The van der Waals surface area contributed by atoms with Gasteiger partial charge in [-0.3, -0.25) is 0 Å². The van der Waals surface area contributed by atoms with Crippen molar-refractivity contribution in [2.45, 2.75) is 64.4 Å². The number of carbonyl (C=O) groups excluding carboxylic acids is 1. The Kier molecular flexibility index (Phi) is 5.83. The summed E-state index contributed by atoms with van der Waals surface area (Å²) in [5, 5.41) is 0. The maximum Gasteiger partial charge on any atom is 0.127 e. The van der Waals surface area contributed by atoms with Crippen molar-refractivity contribution in [1.29, 1.82) is 0 Å². The maximum absolute atomic E-state index is 11.6. The summed E-state index contributed by atoms with van der Waals surface area (Å²) >= 11 is 0. The Bertz CT molecular complexity index is 264. The first-order chi connectivity index (χ1) is 9.28. The Hall–Kier alpha value is -0.410. The number of hydrogen-bond acceptors (Lipinski definition) is 3. The minimum Gasteiger partial charge on any atom is -0.378 e. The summed E-state index contributed by atoms with van der Waals surface area (Å²) in [6, 6.07) is 0. The van der Waals surface area contributed by atoms with Crippen molar-refractivity contribution in [1.82, 2.24) is 4.90 Å². The highest BCUT2D eigenvalue weighted by molar-refractivity contribution is 5.59. The fourth-order valence-corrected chi connectivity index (χ4v) is 3.66. The molecule has 1 saturated carbocycles. The minimum absolute atomic E-state index is 0.0467. The average molecular weight is 267 g/mol. The van der Waals surface area contributed by atoms with Crippen LogP contribution in [0.15, 0.2) is 0 Å². The Morgan fingerprint density at radius 3 is 2.32 bits per heavy atom. The first kappa shape index (κ1) is 15.0. The molecule has 1 aliphatic carbocycles. The van der Waals surface area contributed by atoms with Crippen molar-refractivity contribution < 1.29 is 9.53 Å². The van der Waals surface area contributed by atoms with Crippen LogP contribution in [-0.2, 0) is 9.53 Å². The summed E-state index contributed by atoms with van der Waals surface area (Å²) in [5.41, 5.74) is -0.0467. The van der Waals surface area contributed by atoms with Gasteiger partial charge in [-0.2, -0.15) is 0 Å². The van der Waals surface area contributed by atoms with Crippen LogP contribution in [0, 0.1) is 5.41 Å². The van der Waals surface area contributed by atoms with Crippen LogP contribution in [0.2, 0.25) is 0 Å². The number of piperidine rings is 1. The Morgan fingerprint density at radius 1 is 1.16 bits per heavy atom. The molecule has 0 N–H and O–H groups in total. The normalized spacial score (nSPS) is 25.9. The standard InChI is InChI=1S/C16H29NO2/c1-2-19-15-7-11-17(12-8-15)13-16(14-18)9-5-3-4-6-10-16/h14-15H,2-13H2,1H3. The van der Waals surface area contributed by atoms with E-state index in [9.17, 15) is 4.79 Å². The third-order valence-corrected chi connectivity index (χ3v) is 4.82. The van der Waals surface area contributed by atoms with Crippen molar-refractivity contribution >= 4 is 6.29 Å². The molecule has 0 aromatic rings. The molecule has 0 aromatic carbocycles. The highest BCUT2D eigenvalue weighted by Crippen LogP contribution is 2.34. The molecule has 0 spiro atoms. The Balaban J connectivity index is 1.83. The Labute approximate surface area is 117 Å². The molecule has 1 aliphatic heterocycles. The lowest BCUT2D eigenvalue weighted by atomic mass is 9.81. The van der Waals surface area contributed by atoms with Crippen LogP contribution in [0.25, 0.3) is 0 Å². The lowest BCUT2D eigenvalue weighted by molar-refractivity contribution is -0.118. The van der Waals surface area contributed by atoms with E-state index in [0.29, 0.717) is 6.10 Å². The molecule has 0 aromatic heterocycles. The molecule has 3 heteroatoms. The van der Waals surface area contributed by atoms with Gasteiger partial charge < -0.3 is 14.4 Å². The van der Waals surface area contributed by atoms with E-state index in [1.165, 1.54) is 32.0 Å². The lowest BCUT2D eigenvalue weighted by Crippen LogP contribution is -2.44. The van der Waals surface area contributed by atoms with E-state index in [2.05, 4.69) is 11.8 Å². The van der Waals surface area contributed by atoms with Gasteiger partial charge in [-0.1, -0.05) is 25.7 Å². The van der Waals surface area contributed by atoms with Crippen LogP contribution in [0.5, 0.6) is 0 Å². The summed E-state index contributed by atoms with van der Waals surface area (Å²) in [4.78, 5) is 14.1. The molecule has 1 heterocycles. The van der Waals surface area contributed by atoms with Gasteiger partial charge in [-0.15, -0.1) is 0 Å². The summed E-state index contributed by atoms with van der Waals surface area (Å²) in [6.07, 6.45) is 11.2. The van der Waals surface area contributed by atoms with Gasteiger partial charge in [0, 0.05) is 31.7 Å². The van der Waals surface area contributed by atoms with E-state index in [-0.39, 0.29) is 5.41 Å². The maximum atomic E-state index is 11.6. The quantitative estimate of drug-likeness (QED) is 0.566. The van der Waals surface area contributed by atoms with E-state index >= 15 is 0 Å². The predicted octanol–water partition coefficient (Wildman–Crippen LogP) is 3.03. The van der Waals surface area contributed by atoms with E-state index in [1.54, 1.807) is 0 Å². The zero-order chi connectivity index (χ0) is 13.6. The van der Waals surface area contributed by atoms with E-state index < -0.39 is 0 Å². The number of hydrogen-bond donors (Lipinski definition) is 0. The molecule has 2 aliphatic rings.